The Morgan fingerprint density at radius 2 is 1.79 bits per heavy atom. The van der Waals surface area contributed by atoms with Gasteiger partial charge in [0.2, 0.25) is 0 Å². The molecule has 0 fully saturated rings. The fourth-order valence-corrected chi connectivity index (χ4v) is 2.23. The molecule has 0 spiro atoms. The van der Waals surface area contributed by atoms with Gasteiger partial charge < -0.3 is 9.84 Å². The Hall–Kier alpha value is -0.910. The Labute approximate surface area is 115 Å². The molecule has 1 rings (SSSR count). The van der Waals surface area contributed by atoms with E-state index in [1.54, 1.807) is 19.2 Å². The van der Waals surface area contributed by atoms with Gasteiger partial charge in [0.15, 0.2) is 9.84 Å². The molecule has 0 bridgehead atoms. The Morgan fingerprint density at radius 3 is 2.21 bits per heavy atom. The van der Waals surface area contributed by atoms with E-state index in [1.807, 2.05) is 12.1 Å². The molecule has 0 radical (unpaired) electrons. The fourth-order valence-electron chi connectivity index (χ4n) is 1.69. The van der Waals surface area contributed by atoms with E-state index in [2.05, 4.69) is 0 Å². The molecule has 0 aliphatic heterocycles. The summed E-state index contributed by atoms with van der Waals surface area (Å²) in [5.74, 6) is 0. The zero-order chi connectivity index (χ0) is 14.7. The summed E-state index contributed by atoms with van der Waals surface area (Å²) >= 11 is 0. The number of ether oxygens (including phenoxy) is 1. The summed E-state index contributed by atoms with van der Waals surface area (Å²) in [6.07, 6.45) is 0.893. The monoisotopic (exact) mass is 286 g/mol. The molecule has 1 aromatic rings. The van der Waals surface area contributed by atoms with Crippen molar-refractivity contribution in [3.8, 4) is 0 Å². The highest BCUT2D eigenvalue weighted by atomic mass is 32.2. The summed E-state index contributed by atoms with van der Waals surface area (Å²) in [6, 6.07) is 7.30. The van der Waals surface area contributed by atoms with Crippen molar-refractivity contribution < 1.29 is 18.3 Å². The molecule has 0 saturated heterocycles. The van der Waals surface area contributed by atoms with Crippen LogP contribution in [0.1, 0.15) is 31.1 Å². The van der Waals surface area contributed by atoms with Crippen molar-refractivity contribution in [2.75, 3.05) is 20.0 Å². The third kappa shape index (κ3) is 3.78. The number of hydrogen-bond acceptors (Lipinski definition) is 4. The van der Waals surface area contributed by atoms with E-state index in [1.165, 1.54) is 13.8 Å². The minimum atomic E-state index is -3.34. The lowest BCUT2D eigenvalue weighted by molar-refractivity contribution is 0.139. The molecule has 1 unspecified atom stereocenters. The second-order valence-corrected chi connectivity index (χ2v) is 7.86. The van der Waals surface area contributed by atoms with Crippen LogP contribution in [0.4, 0.5) is 0 Å². The zero-order valence-electron chi connectivity index (χ0n) is 11.9. The van der Waals surface area contributed by atoms with Crippen LogP contribution in [-0.4, -0.2) is 38.2 Å². The second-order valence-electron chi connectivity index (χ2n) is 5.26. The van der Waals surface area contributed by atoms with E-state index in [4.69, 9.17) is 4.74 Å². The van der Waals surface area contributed by atoms with E-state index >= 15 is 0 Å². The van der Waals surface area contributed by atoms with Gasteiger partial charge in [-0.05, 0) is 31.4 Å². The van der Waals surface area contributed by atoms with E-state index < -0.39 is 20.7 Å². The van der Waals surface area contributed by atoms with Crippen LogP contribution in [0.5, 0.6) is 0 Å². The smallest absolute Gasteiger partial charge is 0.155 e. The predicted molar refractivity (Wildman–Crippen MR) is 75.9 cm³/mol. The van der Waals surface area contributed by atoms with Crippen molar-refractivity contribution in [2.24, 2.45) is 0 Å². The van der Waals surface area contributed by atoms with E-state index in [0.29, 0.717) is 12.2 Å². The maximum absolute atomic E-state index is 11.7. The first kappa shape index (κ1) is 16.1. The largest absolute Gasteiger partial charge is 0.387 e. The normalized spacial score (nSPS) is 14.4. The standard InChI is InChI=1S/C14H22O4S/c1-14(2,19(4,16)17)13(15)12-7-5-11(6-8-12)9-10-18-3/h5-8,13,15H,9-10H2,1-4H3. The van der Waals surface area contributed by atoms with Gasteiger partial charge in [-0.3, -0.25) is 0 Å². The van der Waals surface area contributed by atoms with Gasteiger partial charge in [0.05, 0.1) is 17.5 Å². The molecule has 5 heteroatoms. The first-order valence-corrected chi connectivity index (χ1v) is 8.04. The van der Waals surface area contributed by atoms with Crippen molar-refractivity contribution in [1.29, 1.82) is 0 Å². The molecule has 0 saturated carbocycles. The van der Waals surface area contributed by atoms with E-state index in [0.717, 1.165) is 18.2 Å². The summed E-state index contributed by atoms with van der Waals surface area (Å²) in [4.78, 5) is 0. The summed E-state index contributed by atoms with van der Waals surface area (Å²) in [5.41, 5.74) is 1.70. The Kier molecular flexibility index (Phi) is 5.12. The van der Waals surface area contributed by atoms with Crippen molar-refractivity contribution in [1.82, 2.24) is 0 Å². The van der Waals surface area contributed by atoms with Gasteiger partial charge in [0, 0.05) is 13.4 Å². The molecule has 0 aromatic heterocycles. The van der Waals surface area contributed by atoms with E-state index in [9.17, 15) is 13.5 Å². The van der Waals surface area contributed by atoms with Crippen LogP contribution in [0.15, 0.2) is 24.3 Å². The number of methoxy groups -OCH3 is 1. The first-order chi connectivity index (χ1) is 8.70. The Morgan fingerprint density at radius 1 is 1.26 bits per heavy atom. The SMILES string of the molecule is COCCc1ccc(C(O)C(C)(C)S(C)(=O)=O)cc1. The number of aliphatic hydroxyl groups excluding tert-OH is 1. The molecule has 19 heavy (non-hydrogen) atoms. The van der Waals surface area contributed by atoms with Crippen LogP contribution in [0.3, 0.4) is 0 Å². The minimum Gasteiger partial charge on any atom is -0.387 e. The predicted octanol–water partition coefficient (Wildman–Crippen LogP) is 1.73. The number of rotatable bonds is 6. The van der Waals surface area contributed by atoms with Crippen LogP contribution in [0.2, 0.25) is 0 Å². The second kappa shape index (κ2) is 6.03. The molecular formula is C14H22O4S. The van der Waals surface area contributed by atoms with Crippen molar-refractivity contribution in [2.45, 2.75) is 31.1 Å². The highest BCUT2D eigenvalue weighted by Crippen LogP contribution is 2.32. The lowest BCUT2D eigenvalue weighted by Gasteiger charge is -2.29. The van der Waals surface area contributed by atoms with Crippen molar-refractivity contribution in [3.05, 3.63) is 35.4 Å². The van der Waals surface area contributed by atoms with Gasteiger partial charge in [0.1, 0.15) is 0 Å². The molecule has 108 valence electrons. The third-order valence-electron chi connectivity index (χ3n) is 3.50. The number of aliphatic hydroxyl groups is 1. The Bertz CT molecular complexity index is 503. The maximum atomic E-state index is 11.7. The van der Waals surface area contributed by atoms with Gasteiger partial charge in [-0.2, -0.15) is 0 Å². The van der Waals surface area contributed by atoms with Crippen LogP contribution >= 0.6 is 0 Å². The summed E-state index contributed by atoms with van der Waals surface area (Å²) in [7, 11) is -1.70. The lowest BCUT2D eigenvalue weighted by Crippen LogP contribution is -2.37. The molecule has 1 aromatic carbocycles. The van der Waals surface area contributed by atoms with Crippen LogP contribution in [-0.2, 0) is 21.0 Å². The van der Waals surface area contributed by atoms with Crippen molar-refractivity contribution >= 4 is 9.84 Å². The number of hydrogen-bond donors (Lipinski definition) is 1. The molecule has 0 heterocycles. The molecular weight excluding hydrogens is 264 g/mol. The molecule has 4 nitrogen and oxygen atoms in total. The van der Waals surface area contributed by atoms with Gasteiger partial charge in [-0.15, -0.1) is 0 Å². The quantitative estimate of drug-likeness (QED) is 0.865. The highest BCUT2D eigenvalue weighted by molar-refractivity contribution is 7.92. The highest BCUT2D eigenvalue weighted by Gasteiger charge is 2.38. The number of benzene rings is 1. The lowest BCUT2D eigenvalue weighted by atomic mass is 9.97. The van der Waals surface area contributed by atoms with Crippen molar-refractivity contribution in [3.63, 3.8) is 0 Å². The minimum absolute atomic E-state index is 0.608. The van der Waals surface area contributed by atoms with Gasteiger partial charge >= 0.3 is 0 Å². The summed E-state index contributed by atoms with van der Waals surface area (Å²) < 4.78 is 27.2. The maximum Gasteiger partial charge on any atom is 0.155 e. The average molecular weight is 286 g/mol. The van der Waals surface area contributed by atoms with E-state index in [-0.39, 0.29) is 0 Å². The topological polar surface area (TPSA) is 63.6 Å². The summed E-state index contributed by atoms with van der Waals surface area (Å²) in [5, 5.41) is 10.2. The number of sulfone groups is 1. The zero-order valence-corrected chi connectivity index (χ0v) is 12.7. The van der Waals surface area contributed by atoms with Crippen LogP contribution < -0.4 is 0 Å². The fraction of sp³-hybridized carbons (Fsp3) is 0.571. The average Bonchev–Trinajstić information content (AvgIpc) is 2.34. The van der Waals surface area contributed by atoms with Gasteiger partial charge in [-0.1, -0.05) is 24.3 Å². The molecule has 0 aliphatic rings. The molecule has 0 amide bonds. The first-order valence-electron chi connectivity index (χ1n) is 6.15. The molecule has 1 atom stereocenters. The molecule has 0 aliphatic carbocycles. The van der Waals surface area contributed by atoms with Gasteiger partial charge in [0.25, 0.3) is 0 Å². The molecule has 1 N–H and O–H groups in total. The van der Waals surface area contributed by atoms with Crippen LogP contribution in [0, 0.1) is 0 Å². The summed E-state index contributed by atoms with van der Waals surface area (Å²) in [6.45, 7) is 3.70. The van der Waals surface area contributed by atoms with Gasteiger partial charge in [-0.25, -0.2) is 8.42 Å². The van der Waals surface area contributed by atoms with Crippen LogP contribution in [0.25, 0.3) is 0 Å². The third-order valence-corrected chi connectivity index (χ3v) is 5.64. The Balaban J connectivity index is 2.92.